The van der Waals surface area contributed by atoms with Crippen LogP contribution in [0, 0.1) is 6.61 Å². The molecule has 0 aromatic carbocycles. The van der Waals surface area contributed by atoms with Crippen molar-refractivity contribution in [3.8, 4) is 0 Å². The molecule has 0 spiro atoms. The van der Waals surface area contributed by atoms with Crippen molar-refractivity contribution >= 4 is 0 Å². The molecule has 9 heavy (non-hydrogen) atoms. The Kier molecular flexibility index (Phi) is 3.77. The van der Waals surface area contributed by atoms with Gasteiger partial charge in [-0.1, -0.05) is 13.8 Å². The average molecular weight is 133 g/mol. The first-order valence-electron chi connectivity index (χ1n) is 3.06. The first-order valence-corrected chi connectivity index (χ1v) is 3.06. The van der Waals surface area contributed by atoms with E-state index < -0.39 is 5.97 Å². The molecular formula is C6H13O3. The smallest absolute Gasteiger partial charge is 0.277 e. The van der Waals surface area contributed by atoms with Crippen molar-refractivity contribution < 1.29 is 14.9 Å². The van der Waals surface area contributed by atoms with Gasteiger partial charge in [-0.15, -0.1) is 0 Å². The summed E-state index contributed by atoms with van der Waals surface area (Å²) in [6, 6.07) is 0. The third-order valence-electron chi connectivity index (χ3n) is 0.899. The van der Waals surface area contributed by atoms with Crippen molar-refractivity contribution in [3.05, 3.63) is 6.61 Å². The number of hydrogen-bond donors (Lipinski definition) is 2. The Morgan fingerprint density at radius 2 is 2.00 bits per heavy atom. The summed E-state index contributed by atoms with van der Waals surface area (Å²) in [5.41, 5.74) is 0. The Morgan fingerprint density at radius 3 is 2.33 bits per heavy atom. The molecule has 0 heterocycles. The second kappa shape index (κ2) is 3.82. The molecule has 55 valence electrons. The number of rotatable bonds is 4. The molecule has 0 rings (SSSR count). The molecule has 0 aliphatic rings. The predicted molar refractivity (Wildman–Crippen MR) is 33.1 cm³/mol. The van der Waals surface area contributed by atoms with E-state index in [1.54, 1.807) is 6.92 Å². The summed E-state index contributed by atoms with van der Waals surface area (Å²) in [6.07, 6.45) is 0.840. The van der Waals surface area contributed by atoms with E-state index in [1.807, 2.05) is 6.92 Å². The molecule has 1 radical (unpaired) electrons. The van der Waals surface area contributed by atoms with Crippen LogP contribution in [-0.2, 0) is 4.74 Å². The van der Waals surface area contributed by atoms with Crippen LogP contribution in [0.1, 0.15) is 26.7 Å². The first-order chi connectivity index (χ1) is 4.12. The lowest BCUT2D eigenvalue weighted by Crippen LogP contribution is -2.29. The van der Waals surface area contributed by atoms with E-state index in [-0.39, 0.29) is 6.42 Å². The van der Waals surface area contributed by atoms with E-state index in [0.717, 1.165) is 0 Å². The fourth-order valence-corrected chi connectivity index (χ4v) is 0.300. The van der Waals surface area contributed by atoms with Crippen molar-refractivity contribution in [2.45, 2.75) is 32.7 Å². The highest BCUT2D eigenvalue weighted by atomic mass is 16.8. The SMILES string of the molecule is CC[CH]OC(O)(O)CC. The molecule has 0 atom stereocenters. The Labute approximate surface area is 55.3 Å². The summed E-state index contributed by atoms with van der Waals surface area (Å²) < 4.78 is 4.51. The van der Waals surface area contributed by atoms with Crippen LogP contribution in [0.25, 0.3) is 0 Å². The van der Waals surface area contributed by atoms with Gasteiger partial charge < -0.3 is 14.9 Å². The molecule has 0 aromatic rings. The van der Waals surface area contributed by atoms with Gasteiger partial charge in [-0.25, -0.2) is 0 Å². The van der Waals surface area contributed by atoms with E-state index in [1.165, 1.54) is 6.61 Å². The minimum Gasteiger partial charge on any atom is -0.343 e. The normalized spacial score (nSPS) is 12.0. The molecule has 0 saturated heterocycles. The van der Waals surface area contributed by atoms with Gasteiger partial charge >= 0.3 is 0 Å². The number of aliphatic hydroxyl groups is 2. The Hall–Kier alpha value is -0.120. The Bertz CT molecular complexity index is 70.7. The Morgan fingerprint density at radius 1 is 1.44 bits per heavy atom. The predicted octanol–water partition coefficient (Wildman–Crippen LogP) is 0.623. The maximum Gasteiger partial charge on any atom is 0.277 e. The molecule has 0 unspecified atom stereocenters. The lowest BCUT2D eigenvalue weighted by atomic mass is 10.4. The highest BCUT2D eigenvalue weighted by Gasteiger charge is 2.19. The largest absolute Gasteiger partial charge is 0.343 e. The van der Waals surface area contributed by atoms with Gasteiger partial charge in [-0.3, -0.25) is 0 Å². The zero-order chi connectivity index (χ0) is 7.33. The molecule has 0 aromatic heterocycles. The lowest BCUT2D eigenvalue weighted by Gasteiger charge is -2.18. The third kappa shape index (κ3) is 4.39. The Balaban J connectivity index is 3.33. The number of hydrogen-bond acceptors (Lipinski definition) is 3. The summed E-state index contributed by atoms with van der Waals surface area (Å²) in [5.74, 6) is -1.96. The fraction of sp³-hybridized carbons (Fsp3) is 0.833. The van der Waals surface area contributed by atoms with Gasteiger partial charge in [0.25, 0.3) is 5.97 Å². The molecule has 0 bridgehead atoms. The van der Waals surface area contributed by atoms with Crippen LogP contribution in [0.3, 0.4) is 0 Å². The zero-order valence-electron chi connectivity index (χ0n) is 5.79. The van der Waals surface area contributed by atoms with Gasteiger partial charge in [0, 0.05) is 6.42 Å². The second-order valence-electron chi connectivity index (χ2n) is 1.79. The molecule has 0 amide bonds. The van der Waals surface area contributed by atoms with Crippen molar-refractivity contribution in [2.75, 3.05) is 0 Å². The maximum atomic E-state index is 8.76. The van der Waals surface area contributed by atoms with Crippen LogP contribution in [0.2, 0.25) is 0 Å². The molecule has 0 saturated carbocycles. The highest BCUT2D eigenvalue weighted by molar-refractivity contribution is 4.51. The molecule has 2 N–H and O–H groups in total. The summed E-state index contributed by atoms with van der Waals surface area (Å²) in [6.45, 7) is 4.85. The van der Waals surface area contributed by atoms with Crippen molar-refractivity contribution in [1.82, 2.24) is 0 Å². The highest BCUT2D eigenvalue weighted by Crippen LogP contribution is 2.08. The third-order valence-corrected chi connectivity index (χ3v) is 0.899. The summed E-state index contributed by atoms with van der Waals surface area (Å²) in [4.78, 5) is 0. The van der Waals surface area contributed by atoms with Crippen molar-refractivity contribution in [3.63, 3.8) is 0 Å². The minimum absolute atomic E-state index is 0.170. The van der Waals surface area contributed by atoms with Gasteiger partial charge in [-0.05, 0) is 6.42 Å². The molecular weight excluding hydrogens is 120 g/mol. The zero-order valence-corrected chi connectivity index (χ0v) is 5.79. The van der Waals surface area contributed by atoms with E-state index in [4.69, 9.17) is 10.2 Å². The van der Waals surface area contributed by atoms with Gasteiger partial charge in [0.2, 0.25) is 0 Å². The maximum absolute atomic E-state index is 8.76. The molecule has 0 aliphatic heterocycles. The monoisotopic (exact) mass is 133 g/mol. The van der Waals surface area contributed by atoms with Crippen LogP contribution in [0.15, 0.2) is 0 Å². The average Bonchev–Trinajstić information content (AvgIpc) is 1.84. The molecule has 0 fully saturated rings. The van der Waals surface area contributed by atoms with Crippen LogP contribution < -0.4 is 0 Å². The van der Waals surface area contributed by atoms with E-state index in [2.05, 4.69) is 4.74 Å². The van der Waals surface area contributed by atoms with Crippen LogP contribution in [0.5, 0.6) is 0 Å². The van der Waals surface area contributed by atoms with E-state index in [9.17, 15) is 0 Å². The first kappa shape index (κ1) is 8.88. The van der Waals surface area contributed by atoms with Gasteiger partial charge in [0.1, 0.15) is 0 Å². The quantitative estimate of drug-likeness (QED) is 0.553. The fourth-order valence-electron chi connectivity index (χ4n) is 0.300. The van der Waals surface area contributed by atoms with Crippen molar-refractivity contribution in [2.24, 2.45) is 0 Å². The van der Waals surface area contributed by atoms with Crippen molar-refractivity contribution in [1.29, 1.82) is 0 Å². The van der Waals surface area contributed by atoms with Gasteiger partial charge in [-0.2, -0.15) is 0 Å². The standard InChI is InChI=1S/C6H13O3/c1-3-5-9-6(7,8)4-2/h5,7-8H,3-4H2,1-2H3. The second-order valence-corrected chi connectivity index (χ2v) is 1.79. The van der Waals surface area contributed by atoms with Crippen LogP contribution >= 0.6 is 0 Å². The van der Waals surface area contributed by atoms with Gasteiger partial charge in [0.05, 0.1) is 6.61 Å². The summed E-state index contributed by atoms with van der Waals surface area (Å²) >= 11 is 0. The molecule has 0 aliphatic carbocycles. The summed E-state index contributed by atoms with van der Waals surface area (Å²) in [5, 5.41) is 17.5. The molecule has 3 heteroatoms. The number of ether oxygens (including phenoxy) is 1. The van der Waals surface area contributed by atoms with Crippen LogP contribution in [-0.4, -0.2) is 16.2 Å². The lowest BCUT2D eigenvalue weighted by molar-refractivity contribution is -0.324. The summed E-state index contributed by atoms with van der Waals surface area (Å²) in [7, 11) is 0. The van der Waals surface area contributed by atoms with Crippen LogP contribution in [0.4, 0.5) is 0 Å². The minimum atomic E-state index is -1.96. The van der Waals surface area contributed by atoms with E-state index >= 15 is 0 Å². The molecule has 3 nitrogen and oxygen atoms in total. The topological polar surface area (TPSA) is 49.7 Å². The van der Waals surface area contributed by atoms with E-state index in [0.29, 0.717) is 6.42 Å². The van der Waals surface area contributed by atoms with Gasteiger partial charge in [0.15, 0.2) is 0 Å².